The topological polar surface area (TPSA) is 43.8 Å². The Morgan fingerprint density at radius 2 is 1.59 bits per heavy atom. The quantitative estimate of drug-likeness (QED) is 0.493. The first-order chi connectivity index (χ1) is 15.3. The fraction of sp³-hybridized carbons (Fsp3) is 0.240. The molecule has 1 amide bonds. The lowest BCUT2D eigenvalue weighted by molar-refractivity contribution is -0.151. The van der Waals surface area contributed by atoms with Crippen LogP contribution in [0, 0.1) is 0 Å². The standard InChI is InChI=1S/C25H23Cl3N2O2/c1-25(32,18-5-3-2-4-6-18)24(31)29-13-14-30(22-12-11-20(27)15-21(22)28)23(16-29)17-7-9-19(26)10-8-17/h2-12,15,23,32H,13-14,16H2,1H3/t23?,25-/m1/s1. The van der Waals surface area contributed by atoms with Gasteiger partial charge >= 0.3 is 0 Å². The molecule has 32 heavy (non-hydrogen) atoms. The molecule has 4 rings (SSSR count). The maximum Gasteiger partial charge on any atom is 0.259 e. The Morgan fingerprint density at radius 3 is 2.25 bits per heavy atom. The third-order valence-corrected chi connectivity index (χ3v) is 6.68. The molecular formula is C25H23Cl3N2O2. The van der Waals surface area contributed by atoms with Crippen LogP contribution >= 0.6 is 34.8 Å². The molecule has 3 aromatic carbocycles. The number of hydrogen-bond acceptors (Lipinski definition) is 3. The number of carbonyl (C=O) groups excluding carboxylic acids is 1. The van der Waals surface area contributed by atoms with Crippen molar-refractivity contribution in [3.63, 3.8) is 0 Å². The molecule has 166 valence electrons. The molecule has 4 nitrogen and oxygen atoms in total. The van der Waals surface area contributed by atoms with Gasteiger partial charge in [-0.1, -0.05) is 77.3 Å². The minimum absolute atomic E-state index is 0.171. The average Bonchev–Trinajstić information content (AvgIpc) is 2.79. The van der Waals surface area contributed by atoms with E-state index in [1.54, 1.807) is 36.1 Å². The minimum Gasteiger partial charge on any atom is -0.376 e. The second kappa shape index (κ2) is 9.32. The highest BCUT2D eigenvalue weighted by Gasteiger charge is 2.40. The predicted molar refractivity (Wildman–Crippen MR) is 131 cm³/mol. The van der Waals surface area contributed by atoms with Gasteiger partial charge in [0.15, 0.2) is 5.60 Å². The van der Waals surface area contributed by atoms with E-state index in [1.165, 1.54) is 0 Å². The summed E-state index contributed by atoms with van der Waals surface area (Å²) < 4.78 is 0. The summed E-state index contributed by atoms with van der Waals surface area (Å²) in [7, 11) is 0. The summed E-state index contributed by atoms with van der Waals surface area (Å²) in [5, 5.41) is 12.9. The Morgan fingerprint density at radius 1 is 0.938 bits per heavy atom. The number of halogens is 3. The van der Waals surface area contributed by atoms with Gasteiger partial charge in [-0.3, -0.25) is 4.79 Å². The van der Waals surface area contributed by atoms with Gasteiger partial charge in [0.2, 0.25) is 0 Å². The number of nitrogens with zero attached hydrogens (tertiary/aromatic N) is 2. The molecule has 2 atom stereocenters. The molecule has 0 saturated carbocycles. The number of amides is 1. The molecule has 0 aromatic heterocycles. The van der Waals surface area contributed by atoms with E-state index < -0.39 is 5.60 Å². The van der Waals surface area contributed by atoms with E-state index in [-0.39, 0.29) is 11.9 Å². The molecule has 1 unspecified atom stereocenters. The van der Waals surface area contributed by atoms with Crippen LogP contribution in [0.5, 0.6) is 0 Å². The molecule has 0 bridgehead atoms. The maximum absolute atomic E-state index is 13.4. The first-order valence-electron chi connectivity index (χ1n) is 10.3. The molecule has 0 radical (unpaired) electrons. The van der Waals surface area contributed by atoms with Gasteiger partial charge in [0.1, 0.15) is 0 Å². The Balaban J connectivity index is 1.67. The lowest BCUT2D eigenvalue weighted by atomic mass is 9.93. The molecule has 7 heteroatoms. The van der Waals surface area contributed by atoms with Crippen LogP contribution in [0.1, 0.15) is 24.1 Å². The number of rotatable bonds is 4. The van der Waals surface area contributed by atoms with Crippen LogP contribution in [-0.2, 0) is 10.4 Å². The molecule has 3 aromatic rings. The third kappa shape index (κ3) is 4.60. The van der Waals surface area contributed by atoms with Crippen molar-refractivity contribution in [1.29, 1.82) is 0 Å². The Hall–Kier alpha value is -2.24. The van der Waals surface area contributed by atoms with Crippen molar-refractivity contribution in [3.8, 4) is 0 Å². The van der Waals surface area contributed by atoms with Crippen molar-refractivity contribution in [2.45, 2.75) is 18.6 Å². The smallest absolute Gasteiger partial charge is 0.259 e. The van der Waals surface area contributed by atoms with Crippen molar-refractivity contribution < 1.29 is 9.90 Å². The van der Waals surface area contributed by atoms with Crippen molar-refractivity contribution in [2.75, 3.05) is 24.5 Å². The zero-order chi connectivity index (χ0) is 22.9. The van der Waals surface area contributed by atoms with Crippen LogP contribution in [0.25, 0.3) is 0 Å². The highest BCUT2D eigenvalue weighted by molar-refractivity contribution is 6.36. The van der Waals surface area contributed by atoms with Crippen LogP contribution in [0.3, 0.4) is 0 Å². The number of carbonyl (C=O) groups is 1. The number of anilines is 1. The number of aliphatic hydroxyl groups is 1. The molecule has 1 aliphatic rings. The van der Waals surface area contributed by atoms with Crippen molar-refractivity contribution in [3.05, 3.63) is 99.0 Å². The van der Waals surface area contributed by atoms with Gasteiger partial charge in [-0.05, 0) is 48.4 Å². The second-order valence-electron chi connectivity index (χ2n) is 8.05. The van der Waals surface area contributed by atoms with Crippen molar-refractivity contribution in [1.82, 2.24) is 4.90 Å². The van der Waals surface area contributed by atoms with E-state index in [0.29, 0.717) is 40.3 Å². The van der Waals surface area contributed by atoms with Gasteiger partial charge in [-0.2, -0.15) is 0 Å². The monoisotopic (exact) mass is 488 g/mol. The molecular weight excluding hydrogens is 467 g/mol. The first-order valence-corrected chi connectivity index (χ1v) is 11.4. The van der Waals surface area contributed by atoms with Crippen LogP contribution in [0.2, 0.25) is 15.1 Å². The summed E-state index contributed by atoms with van der Waals surface area (Å²) in [6.45, 7) is 2.93. The molecule has 1 N–H and O–H groups in total. The fourth-order valence-electron chi connectivity index (χ4n) is 4.13. The zero-order valence-corrected chi connectivity index (χ0v) is 19.8. The maximum atomic E-state index is 13.4. The summed E-state index contributed by atoms with van der Waals surface area (Å²) in [6.07, 6.45) is 0. The van der Waals surface area contributed by atoms with E-state index in [9.17, 15) is 9.90 Å². The molecule has 0 aliphatic carbocycles. The summed E-state index contributed by atoms with van der Waals surface area (Å²) >= 11 is 18.7. The highest BCUT2D eigenvalue weighted by atomic mass is 35.5. The number of hydrogen-bond donors (Lipinski definition) is 1. The lowest BCUT2D eigenvalue weighted by Crippen LogP contribution is -2.55. The molecule has 0 spiro atoms. The van der Waals surface area contributed by atoms with Gasteiger partial charge < -0.3 is 14.9 Å². The van der Waals surface area contributed by atoms with Crippen molar-refractivity contribution in [2.24, 2.45) is 0 Å². The highest BCUT2D eigenvalue weighted by Crippen LogP contribution is 2.37. The lowest BCUT2D eigenvalue weighted by Gasteiger charge is -2.45. The second-order valence-corrected chi connectivity index (χ2v) is 9.33. The van der Waals surface area contributed by atoms with Gasteiger partial charge in [0.25, 0.3) is 5.91 Å². The van der Waals surface area contributed by atoms with E-state index >= 15 is 0 Å². The van der Waals surface area contributed by atoms with Crippen LogP contribution in [0.15, 0.2) is 72.8 Å². The van der Waals surface area contributed by atoms with Gasteiger partial charge in [0, 0.05) is 29.7 Å². The fourth-order valence-corrected chi connectivity index (χ4v) is 4.78. The summed E-state index contributed by atoms with van der Waals surface area (Å²) in [6, 6.07) is 21.8. The van der Waals surface area contributed by atoms with E-state index in [4.69, 9.17) is 34.8 Å². The zero-order valence-electron chi connectivity index (χ0n) is 17.5. The molecule has 1 heterocycles. The van der Waals surface area contributed by atoms with E-state index in [0.717, 1.165) is 11.3 Å². The van der Waals surface area contributed by atoms with Gasteiger partial charge in [-0.15, -0.1) is 0 Å². The largest absolute Gasteiger partial charge is 0.376 e. The summed E-state index contributed by atoms with van der Waals surface area (Å²) in [4.78, 5) is 17.3. The molecule has 1 saturated heterocycles. The average molecular weight is 490 g/mol. The summed E-state index contributed by atoms with van der Waals surface area (Å²) in [5.74, 6) is -0.329. The summed E-state index contributed by atoms with van der Waals surface area (Å²) in [5.41, 5.74) is 0.790. The van der Waals surface area contributed by atoms with Gasteiger partial charge in [0.05, 0.1) is 16.8 Å². The SMILES string of the molecule is C[C@](O)(C(=O)N1CCN(c2ccc(Cl)cc2Cl)C(c2ccc(Cl)cc2)C1)c1ccccc1. The van der Waals surface area contributed by atoms with Crippen LogP contribution in [-0.4, -0.2) is 35.5 Å². The van der Waals surface area contributed by atoms with E-state index in [1.807, 2.05) is 48.5 Å². The number of piperazine rings is 1. The number of benzene rings is 3. The Kier molecular flexibility index (Phi) is 6.68. The molecule has 1 aliphatic heterocycles. The van der Waals surface area contributed by atoms with Gasteiger partial charge in [-0.25, -0.2) is 0 Å². The normalized spacial score (nSPS) is 18.3. The molecule has 1 fully saturated rings. The van der Waals surface area contributed by atoms with Crippen molar-refractivity contribution >= 4 is 46.4 Å². The Labute approximate surface area is 202 Å². The van der Waals surface area contributed by atoms with Crippen LogP contribution < -0.4 is 4.90 Å². The predicted octanol–water partition coefficient (Wildman–Crippen LogP) is 5.94. The van der Waals surface area contributed by atoms with Crippen LogP contribution in [0.4, 0.5) is 5.69 Å². The third-order valence-electron chi connectivity index (χ3n) is 5.89. The first kappa shape index (κ1) is 22.9. The Bertz CT molecular complexity index is 1100. The minimum atomic E-state index is -1.62. The van der Waals surface area contributed by atoms with E-state index in [2.05, 4.69) is 4.90 Å².